The molecule has 0 atom stereocenters. The van der Waals surface area contributed by atoms with Crippen molar-refractivity contribution in [3.8, 4) is 0 Å². The highest BCUT2D eigenvalue weighted by molar-refractivity contribution is 5.88. The molecular weight excluding hydrogens is 126 g/mol. The minimum Gasteiger partial charge on any atom is -0.319 e. The number of hydrogen-bond acceptors (Lipinski definition) is 1. The van der Waals surface area contributed by atoms with Crippen LogP contribution in [0.5, 0.6) is 0 Å². The number of likely N-dealkylation sites (N-methyl/N-ethyl adjacent to an activating group) is 1. The van der Waals surface area contributed by atoms with Crippen molar-refractivity contribution < 1.29 is 4.79 Å². The molecule has 1 aliphatic rings. The zero-order chi connectivity index (χ0) is 7.40. The second-order valence-corrected chi connectivity index (χ2v) is 2.03. The molecule has 10 heavy (non-hydrogen) atoms. The Morgan fingerprint density at radius 3 is 2.70 bits per heavy atom. The third-order valence-corrected chi connectivity index (χ3v) is 1.23. The quantitative estimate of drug-likeness (QED) is 0.486. The fourth-order valence-electron chi connectivity index (χ4n) is 0.636. The molecule has 0 fully saturated rings. The van der Waals surface area contributed by atoms with Gasteiger partial charge < -0.3 is 4.90 Å². The minimum atomic E-state index is 0.000556. The van der Waals surface area contributed by atoms with Crippen molar-refractivity contribution in [2.24, 2.45) is 0 Å². The Kier molecular flexibility index (Phi) is 2.05. The highest BCUT2D eigenvalue weighted by Gasteiger charge is 1.98. The molecule has 0 aromatic heterocycles. The Hall–Kier alpha value is -1.31. The largest absolute Gasteiger partial charge is 0.319 e. The summed E-state index contributed by atoms with van der Waals surface area (Å²) < 4.78 is 0. The van der Waals surface area contributed by atoms with Crippen LogP contribution in [0.2, 0.25) is 0 Å². The van der Waals surface area contributed by atoms with Crippen LogP contribution in [-0.2, 0) is 4.79 Å². The summed E-state index contributed by atoms with van der Waals surface area (Å²) in [6, 6.07) is 0. The van der Waals surface area contributed by atoms with Crippen molar-refractivity contribution in [1.82, 2.24) is 4.90 Å². The van der Waals surface area contributed by atoms with Crippen LogP contribution >= 0.6 is 0 Å². The lowest BCUT2D eigenvalue weighted by atomic mass is 10.3. The predicted molar refractivity (Wildman–Crippen MR) is 40.2 cm³/mol. The summed E-state index contributed by atoms with van der Waals surface area (Å²) in [4.78, 5) is 12.4. The van der Waals surface area contributed by atoms with Gasteiger partial charge in [-0.2, -0.15) is 0 Å². The number of hydrogen-bond donors (Lipinski definition) is 0. The molecule has 0 bridgehead atoms. The average Bonchev–Trinajstić information content (AvgIpc) is 1.92. The van der Waals surface area contributed by atoms with E-state index in [1.54, 1.807) is 19.3 Å². The minimum absolute atomic E-state index is 0.000556. The summed E-state index contributed by atoms with van der Waals surface area (Å²) in [7, 11) is 1.72. The topological polar surface area (TPSA) is 20.3 Å². The lowest BCUT2D eigenvalue weighted by Crippen LogP contribution is -2.18. The van der Waals surface area contributed by atoms with Crippen molar-refractivity contribution >= 4 is 5.91 Å². The molecule has 1 heterocycles. The Balaban J connectivity index is 2.81. The third kappa shape index (κ3) is 1.58. The van der Waals surface area contributed by atoms with Gasteiger partial charge in [0.1, 0.15) is 0 Å². The van der Waals surface area contributed by atoms with Gasteiger partial charge in [-0.3, -0.25) is 4.79 Å². The standard InChI is InChI=1S/C8H9NO/c1-9-7-5-3-2-4-6-8(9)10/h2-7H,1H3/b3-2+,6-4-,7-5-. The van der Waals surface area contributed by atoms with Crippen molar-refractivity contribution in [2.45, 2.75) is 0 Å². The van der Waals surface area contributed by atoms with E-state index in [9.17, 15) is 4.79 Å². The van der Waals surface area contributed by atoms with Crippen LogP contribution in [0.1, 0.15) is 0 Å². The maximum atomic E-state index is 10.9. The summed E-state index contributed by atoms with van der Waals surface area (Å²) >= 11 is 0. The molecule has 0 aromatic carbocycles. The zero-order valence-electron chi connectivity index (χ0n) is 5.82. The molecule has 2 nitrogen and oxygen atoms in total. The Morgan fingerprint density at radius 1 is 1.20 bits per heavy atom. The zero-order valence-corrected chi connectivity index (χ0v) is 5.82. The molecule has 0 saturated heterocycles. The van der Waals surface area contributed by atoms with Crippen LogP contribution in [0.4, 0.5) is 0 Å². The van der Waals surface area contributed by atoms with Gasteiger partial charge in [-0.15, -0.1) is 0 Å². The van der Waals surface area contributed by atoms with E-state index >= 15 is 0 Å². The number of carbonyl (C=O) groups is 1. The average molecular weight is 135 g/mol. The van der Waals surface area contributed by atoms with Gasteiger partial charge in [0.2, 0.25) is 5.91 Å². The molecular formula is C8H9NO. The maximum absolute atomic E-state index is 10.9. The van der Waals surface area contributed by atoms with E-state index in [2.05, 4.69) is 0 Å². The van der Waals surface area contributed by atoms with Gasteiger partial charge in [0.25, 0.3) is 0 Å². The van der Waals surface area contributed by atoms with E-state index in [-0.39, 0.29) is 5.91 Å². The van der Waals surface area contributed by atoms with Gasteiger partial charge in [0.05, 0.1) is 0 Å². The first kappa shape index (κ1) is 6.81. The van der Waals surface area contributed by atoms with E-state index < -0.39 is 0 Å². The molecule has 0 aliphatic carbocycles. The summed E-state index contributed by atoms with van der Waals surface area (Å²) in [5.74, 6) is 0.000556. The first-order valence-corrected chi connectivity index (χ1v) is 3.09. The molecule has 0 saturated carbocycles. The third-order valence-electron chi connectivity index (χ3n) is 1.23. The van der Waals surface area contributed by atoms with Crippen LogP contribution in [0, 0.1) is 0 Å². The SMILES string of the molecule is CN1\C=C/C=C/C=C\C1=O. The normalized spacial score (nSPS) is 26.9. The molecule has 0 aromatic rings. The first-order valence-electron chi connectivity index (χ1n) is 3.09. The first-order chi connectivity index (χ1) is 4.80. The number of rotatable bonds is 0. The van der Waals surface area contributed by atoms with Crippen molar-refractivity contribution in [3.63, 3.8) is 0 Å². The Labute approximate surface area is 60.1 Å². The maximum Gasteiger partial charge on any atom is 0.250 e. The molecule has 1 aliphatic heterocycles. The number of allylic oxidation sites excluding steroid dienone is 4. The van der Waals surface area contributed by atoms with Crippen molar-refractivity contribution in [1.29, 1.82) is 0 Å². The Bertz CT molecular complexity index is 213. The smallest absolute Gasteiger partial charge is 0.250 e. The van der Waals surface area contributed by atoms with Gasteiger partial charge >= 0.3 is 0 Å². The molecule has 1 rings (SSSR count). The molecule has 0 radical (unpaired) electrons. The van der Waals surface area contributed by atoms with Crippen LogP contribution < -0.4 is 0 Å². The molecule has 52 valence electrons. The van der Waals surface area contributed by atoms with E-state index in [0.717, 1.165) is 0 Å². The van der Waals surface area contributed by atoms with Crippen molar-refractivity contribution in [2.75, 3.05) is 7.05 Å². The second kappa shape index (κ2) is 3.01. The number of amides is 1. The van der Waals surface area contributed by atoms with Crippen LogP contribution in [0.15, 0.2) is 36.6 Å². The van der Waals surface area contributed by atoms with Crippen LogP contribution in [0.25, 0.3) is 0 Å². The monoisotopic (exact) mass is 135 g/mol. The highest BCUT2D eigenvalue weighted by atomic mass is 16.2. The number of carbonyl (C=O) groups excluding carboxylic acids is 1. The molecule has 1 amide bonds. The van der Waals surface area contributed by atoms with Gasteiger partial charge in [0.15, 0.2) is 0 Å². The summed E-state index contributed by atoms with van der Waals surface area (Å²) in [5, 5.41) is 0. The summed E-state index contributed by atoms with van der Waals surface area (Å²) in [5.41, 5.74) is 0. The second-order valence-electron chi connectivity index (χ2n) is 2.03. The van der Waals surface area contributed by atoms with Crippen LogP contribution in [0.3, 0.4) is 0 Å². The molecule has 0 spiro atoms. The van der Waals surface area contributed by atoms with E-state index in [0.29, 0.717) is 0 Å². The van der Waals surface area contributed by atoms with Gasteiger partial charge in [-0.25, -0.2) is 0 Å². The van der Waals surface area contributed by atoms with Crippen molar-refractivity contribution in [3.05, 3.63) is 36.6 Å². The molecule has 2 heteroatoms. The summed E-state index contributed by atoms with van der Waals surface area (Å²) in [6.45, 7) is 0. The fraction of sp³-hybridized carbons (Fsp3) is 0.125. The van der Waals surface area contributed by atoms with E-state index in [4.69, 9.17) is 0 Å². The van der Waals surface area contributed by atoms with Gasteiger partial charge in [-0.1, -0.05) is 18.2 Å². The lowest BCUT2D eigenvalue weighted by molar-refractivity contribution is -0.122. The Morgan fingerprint density at radius 2 is 1.90 bits per heavy atom. The van der Waals surface area contributed by atoms with E-state index in [1.165, 1.54) is 11.0 Å². The van der Waals surface area contributed by atoms with E-state index in [1.807, 2.05) is 18.2 Å². The lowest BCUT2D eigenvalue weighted by Gasteiger charge is -2.07. The highest BCUT2D eigenvalue weighted by Crippen LogP contribution is 1.93. The summed E-state index contributed by atoms with van der Waals surface area (Å²) in [6.07, 6.45) is 10.5. The van der Waals surface area contributed by atoms with Gasteiger partial charge in [-0.05, 0) is 6.08 Å². The number of nitrogens with zero attached hydrogens (tertiary/aromatic N) is 1. The predicted octanol–water partition coefficient (Wildman–Crippen LogP) is 1.08. The van der Waals surface area contributed by atoms with Crippen LogP contribution in [-0.4, -0.2) is 17.9 Å². The molecule has 0 unspecified atom stereocenters. The molecule has 0 N–H and O–H groups in total. The van der Waals surface area contributed by atoms with Gasteiger partial charge in [0, 0.05) is 19.3 Å². The fourth-order valence-corrected chi connectivity index (χ4v) is 0.636.